The van der Waals surface area contributed by atoms with Gasteiger partial charge >= 0.3 is 0 Å². The smallest absolute Gasteiger partial charge is 0.136 e. The topological polar surface area (TPSA) is 26.3 Å². The second-order valence-corrected chi connectivity index (χ2v) is 21.5. The van der Waals surface area contributed by atoms with Gasteiger partial charge in [-0.1, -0.05) is 308 Å². The Bertz CT molecular complexity index is 10300. The van der Waals surface area contributed by atoms with Crippen molar-refractivity contribution >= 4 is 141 Å². The maximum atomic E-state index is 9.89. The van der Waals surface area contributed by atoms with Crippen molar-refractivity contribution in [3.63, 3.8) is 0 Å². The van der Waals surface area contributed by atoms with Gasteiger partial charge in [-0.05, 0) is 206 Å². The van der Waals surface area contributed by atoms with Crippen LogP contribution >= 0.6 is 0 Å². The molecule has 0 amide bonds. The first-order valence-corrected chi connectivity index (χ1v) is 29.1. The fourth-order valence-corrected chi connectivity index (χ4v) is 12.3. The SMILES string of the molecule is [2H]c1c([2H])c(-c2c([2H])c([2H])c([2H])c3c([2H])c([2H])c([2H])c([2H])c23)c([2H])c(-c2c3c([2H])c([2H])c([2H])c([2H])c3c(-c3c([2H])c([2H])c([2H])c4oc5c([2H])c6c([2H])c([2H])c([2H])c([2H])c6c([2H])c5c34)c3c([2H])c([2H])c([2H])c([2H])c23)c1[2H].[2H]c1c([2H])c(-c2c([2H])c([2H])c([2H])c3c([2H])c([2H])c4c([2H])c([2H])c([2H])c([2H])c4c23)c([2H])c([2H])c1-c1c2c([2H])c([2H])c([2H])c([2H])c2c(-c2c([2H])c([2H])c([2H])c3oc4c([2H])c5c([2H])c([2H])c([2H])c([2H])c5c([2H])c4c23)c2c([2H])c([2H])c([2H])c([2H])c12. The van der Waals surface area contributed by atoms with Gasteiger partial charge in [0.1, 0.15) is 22.3 Å². The van der Waals surface area contributed by atoms with Crippen molar-refractivity contribution in [3.05, 3.63) is 350 Å². The van der Waals surface area contributed by atoms with E-state index in [1.165, 1.54) is 0 Å². The van der Waals surface area contributed by atoms with Crippen molar-refractivity contribution in [1.82, 2.24) is 0 Å². The minimum atomic E-state index is -1.15. The highest BCUT2D eigenvalue weighted by molar-refractivity contribution is 6.29. The Balaban J connectivity index is 0.000000188. The molecule has 2 heteroatoms. The quantitative estimate of drug-likeness (QED) is 0.123. The molecule has 2 heterocycles. The summed E-state index contributed by atoms with van der Waals surface area (Å²) in [5.74, 6) is 0. The summed E-state index contributed by atoms with van der Waals surface area (Å²) in [6.07, 6.45) is 0. The molecular weight excluding hydrogens is 1190 g/mol. The maximum absolute atomic E-state index is 9.89. The van der Waals surface area contributed by atoms with Crippen LogP contribution in [0, 0.1) is 0 Å². The third-order valence-electron chi connectivity index (χ3n) is 16.3. The van der Waals surface area contributed by atoms with E-state index in [0.717, 1.165) is 0 Å². The first-order valence-electron chi connectivity index (χ1n) is 58.1. The van der Waals surface area contributed by atoms with Crippen LogP contribution in [0.3, 0.4) is 0 Å². The third-order valence-corrected chi connectivity index (χ3v) is 16.3. The highest BCUT2D eigenvalue weighted by Crippen LogP contribution is 2.51. The molecule has 21 aromatic rings. The van der Waals surface area contributed by atoms with Gasteiger partial charge in [0.25, 0.3) is 0 Å². The van der Waals surface area contributed by atoms with Crippen molar-refractivity contribution < 1.29 is 88.3 Å². The van der Waals surface area contributed by atoms with Gasteiger partial charge in [0.15, 0.2) is 0 Å². The molecule has 0 aliphatic heterocycles. The van der Waals surface area contributed by atoms with Gasteiger partial charge in [-0.15, -0.1) is 0 Å². The third kappa shape index (κ3) is 8.82. The van der Waals surface area contributed by atoms with Gasteiger partial charge in [-0.3, -0.25) is 0 Å². The number of furan rings is 2. The van der Waals surface area contributed by atoms with E-state index in [2.05, 4.69) is 0 Å². The summed E-state index contributed by atoms with van der Waals surface area (Å²) in [6, 6.07) is -54.4. The summed E-state index contributed by atoms with van der Waals surface area (Å²) in [5.41, 5.74) is -12.1. The molecule has 0 spiro atoms. The molecule has 0 aliphatic rings. The summed E-state index contributed by atoms with van der Waals surface area (Å²) < 4.78 is 538. The molecule has 0 N–H and O–H groups in total. The van der Waals surface area contributed by atoms with E-state index >= 15 is 0 Å². The van der Waals surface area contributed by atoms with Crippen molar-refractivity contribution in [3.8, 4) is 66.8 Å². The van der Waals surface area contributed by atoms with E-state index in [0.29, 0.717) is 0 Å². The van der Waals surface area contributed by atoms with Crippen LogP contribution in [0.1, 0.15) is 79.5 Å². The lowest BCUT2D eigenvalue weighted by Crippen LogP contribution is -1.91. The average molecular weight is 1300 g/mol. The molecule has 0 unspecified atom stereocenters. The minimum Gasteiger partial charge on any atom is -0.456 e. The molecule has 0 radical (unpaired) electrons. The first kappa shape index (κ1) is 22.9. The van der Waals surface area contributed by atoms with Gasteiger partial charge < -0.3 is 8.83 Å². The van der Waals surface area contributed by atoms with Crippen LogP contribution < -0.4 is 0 Å². The summed E-state index contributed by atoms with van der Waals surface area (Å²) in [5, 5.41) is -14.1. The van der Waals surface area contributed by atoms with E-state index in [4.69, 9.17) is 59.6 Å². The van der Waals surface area contributed by atoms with Crippen molar-refractivity contribution in [2.75, 3.05) is 0 Å². The summed E-state index contributed by atoms with van der Waals surface area (Å²) in [7, 11) is 0. The highest BCUT2D eigenvalue weighted by atomic mass is 16.3. The Hall–Kier alpha value is -12.9. The molecule has 19 aromatic carbocycles. The van der Waals surface area contributed by atoms with Crippen LogP contribution in [0.5, 0.6) is 0 Å². The standard InChI is InChI=1S/C50H30O.C46H28O/c1-2-13-36-30-46-44(29-35(36)12-1)50-43(21-10-22-45(50)51-46)49-41-18-7-5-16-39(41)48(40-17-6-8-19-42(40)49)34-27-24-32(25-28-34)38-20-9-14-33-26-23-31-11-3-4-15-37(31)47(33)38;1-2-14-31-28-43-41(27-30(31)13-1)46-40(24-11-25-42(46)47-43)45-38-21-7-5-19-36(38)44(37-20-6-8-22-39(37)45)33-17-9-16-32(26-33)35-23-10-15-29-12-3-4-18-34(29)35/h1-30H;1-28H/i1D,2D,3D,4D,5D,6D,7D,8D,9D,10D,11D,12D,13D,14D,15D,16D,17D,18D,19D,20D,21D,22D,23D,24D,25D,26D,27D,28D,29D,30D;1D,2D,3D,4D,5D,6D,7D,8D,9D,10D,11D,12D,13D,14D,15D,16D,17D,18D,19D,20D,21D,22D,23D,24D,25D,26D,27D,28D. The van der Waals surface area contributed by atoms with E-state index in [1.54, 1.807) is 0 Å². The predicted molar refractivity (Wildman–Crippen MR) is 418 cm³/mol. The van der Waals surface area contributed by atoms with Gasteiger partial charge in [-0.2, -0.15) is 0 Å². The van der Waals surface area contributed by atoms with Crippen LogP contribution in [-0.4, -0.2) is 0 Å². The molecule has 0 aliphatic carbocycles. The zero-order valence-corrected chi connectivity index (χ0v) is 48.8. The van der Waals surface area contributed by atoms with Crippen LogP contribution in [0.15, 0.2) is 359 Å². The van der Waals surface area contributed by atoms with Crippen LogP contribution in [-0.2, 0) is 0 Å². The van der Waals surface area contributed by atoms with Crippen molar-refractivity contribution in [2.24, 2.45) is 0 Å². The Labute approximate surface area is 646 Å². The number of fused-ring (bicyclic) bond motifs is 16. The zero-order chi connectivity index (χ0) is 115. The number of hydrogen-bond acceptors (Lipinski definition) is 2. The fraction of sp³-hybridized carbons (Fsp3) is 0. The molecule has 0 saturated heterocycles. The van der Waals surface area contributed by atoms with E-state index in [1.807, 2.05) is 0 Å². The molecule has 2 aromatic heterocycles. The molecule has 0 atom stereocenters. The second kappa shape index (κ2) is 22.4. The summed E-state index contributed by atoms with van der Waals surface area (Å²) in [6.45, 7) is 0. The predicted octanol–water partition coefficient (Wildman–Crippen LogP) is 27.6. The molecule has 0 bridgehead atoms. The van der Waals surface area contributed by atoms with E-state index in [9.17, 15) is 28.8 Å². The molecule has 2 nitrogen and oxygen atoms in total. The monoisotopic (exact) mass is 1300 g/mol. The van der Waals surface area contributed by atoms with Crippen LogP contribution in [0.2, 0.25) is 0 Å². The summed E-state index contributed by atoms with van der Waals surface area (Å²) in [4.78, 5) is 0. The zero-order valence-electron chi connectivity index (χ0n) is 107. The Morgan fingerprint density at radius 1 is 0.163 bits per heavy atom. The lowest BCUT2D eigenvalue weighted by molar-refractivity contribution is 0.669. The van der Waals surface area contributed by atoms with Crippen LogP contribution in [0.25, 0.3) is 208 Å². The number of benzene rings is 19. The van der Waals surface area contributed by atoms with Gasteiger partial charge in [0.05, 0.1) is 79.5 Å². The number of hydrogen-bond donors (Lipinski definition) is 0. The molecule has 454 valence electrons. The largest absolute Gasteiger partial charge is 0.456 e. The maximum Gasteiger partial charge on any atom is 0.136 e. The lowest BCUT2D eigenvalue weighted by atomic mass is 9.84. The van der Waals surface area contributed by atoms with Crippen molar-refractivity contribution in [1.29, 1.82) is 0 Å². The molecule has 0 saturated carbocycles. The summed E-state index contributed by atoms with van der Waals surface area (Å²) >= 11 is 0. The Morgan fingerprint density at radius 2 is 0.500 bits per heavy atom. The first-order chi connectivity index (χ1) is 72.8. The highest BCUT2D eigenvalue weighted by Gasteiger charge is 2.24. The Kier molecular flexibility index (Phi) is 5.24. The number of rotatable bonds is 6. The molecular formula is C96H58O2. The normalized spacial score (nSPS) is 20.2. The van der Waals surface area contributed by atoms with Gasteiger partial charge in [-0.25, -0.2) is 0 Å². The van der Waals surface area contributed by atoms with E-state index in [-0.39, 0.29) is 0 Å². The second-order valence-electron chi connectivity index (χ2n) is 21.5. The molecule has 21 rings (SSSR count). The minimum absolute atomic E-state index is 0.490. The fourth-order valence-electron chi connectivity index (χ4n) is 12.3. The average Bonchev–Trinajstić information content (AvgIpc) is 1.33. The van der Waals surface area contributed by atoms with Crippen molar-refractivity contribution in [2.45, 2.75) is 0 Å². The van der Waals surface area contributed by atoms with Gasteiger partial charge in [0, 0.05) is 21.5 Å². The van der Waals surface area contributed by atoms with Crippen LogP contribution in [0.4, 0.5) is 0 Å². The molecule has 98 heavy (non-hydrogen) atoms. The van der Waals surface area contributed by atoms with Gasteiger partial charge in [0.2, 0.25) is 0 Å². The lowest BCUT2D eigenvalue weighted by Gasteiger charge is -2.19. The molecule has 0 fully saturated rings. The Morgan fingerprint density at radius 3 is 1.01 bits per heavy atom. The van der Waals surface area contributed by atoms with E-state index < -0.39 is 558 Å².